The van der Waals surface area contributed by atoms with Crippen molar-refractivity contribution in [2.24, 2.45) is 0 Å². The number of ether oxygens (including phenoxy) is 1. The molecule has 0 aromatic heterocycles. The Bertz CT molecular complexity index is 426. The number of unbranched alkanes of at least 4 members (excludes halogenated alkanes) is 1. The molecule has 0 fully saturated rings. The Hall–Kier alpha value is -1.29. The van der Waals surface area contributed by atoms with Gasteiger partial charge in [-0.1, -0.05) is 32.4 Å². The number of rotatable bonds is 9. The summed E-state index contributed by atoms with van der Waals surface area (Å²) in [5, 5.41) is 0. The molecule has 1 aromatic rings. The quantitative estimate of drug-likeness (QED) is 0.390. The van der Waals surface area contributed by atoms with Gasteiger partial charge in [0.2, 0.25) is 0 Å². The molecule has 0 bridgehead atoms. The van der Waals surface area contributed by atoms with Crippen LogP contribution in [0, 0.1) is 0 Å². The van der Waals surface area contributed by atoms with Crippen molar-refractivity contribution >= 4 is 23.5 Å². The molecule has 1 aromatic carbocycles. The van der Waals surface area contributed by atoms with Gasteiger partial charge in [0.1, 0.15) is 0 Å². The first-order chi connectivity index (χ1) is 9.67. The number of hydrogen-bond donors (Lipinski definition) is 0. The number of carbonyl (C=O) groups is 2. The molecular formula is C16H22O3S. The highest BCUT2D eigenvalue weighted by molar-refractivity contribution is 8.00. The summed E-state index contributed by atoms with van der Waals surface area (Å²) in [6.45, 7) is 4.52. The average molecular weight is 294 g/mol. The van der Waals surface area contributed by atoms with Gasteiger partial charge in [0.15, 0.2) is 5.78 Å². The summed E-state index contributed by atoms with van der Waals surface area (Å²) in [5.41, 5.74) is 0.747. The number of ketones is 1. The lowest BCUT2D eigenvalue weighted by molar-refractivity contribution is -0.140. The molecule has 0 aliphatic carbocycles. The molecule has 0 radical (unpaired) electrons. The van der Waals surface area contributed by atoms with E-state index < -0.39 is 0 Å². The predicted octanol–water partition coefficient (Wildman–Crippen LogP) is 4.10. The smallest absolute Gasteiger partial charge is 0.316 e. The van der Waals surface area contributed by atoms with Crippen molar-refractivity contribution in [1.29, 1.82) is 0 Å². The molecule has 0 unspecified atom stereocenters. The first-order valence-electron chi connectivity index (χ1n) is 7.09. The Morgan fingerprint density at radius 2 is 1.80 bits per heavy atom. The fourth-order valence-corrected chi connectivity index (χ4v) is 2.31. The van der Waals surface area contributed by atoms with E-state index in [4.69, 9.17) is 4.74 Å². The van der Waals surface area contributed by atoms with Crippen LogP contribution in [0.25, 0.3) is 0 Å². The summed E-state index contributed by atoms with van der Waals surface area (Å²) in [4.78, 5) is 24.2. The zero-order valence-corrected chi connectivity index (χ0v) is 13.0. The molecule has 4 heteroatoms. The zero-order chi connectivity index (χ0) is 14.8. The van der Waals surface area contributed by atoms with E-state index in [0.29, 0.717) is 18.8 Å². The van der Waals surface area contributed by atoms with Gasteiger partial charge in [0.25, 0.3) is 0 Å². The average Bonchev–Trinajstić information content (AvgIpc) is 2.49. The van der Waals surface area contributed by atoms with Crippen molar-refractivity contribution in [1.82, 2.24) is 0 Å². The maximum absolute atomic E-state index is 11.8. The van der Waals surface area contributed by atoms with E-state index in [2.05, 4.69) is 6.92 Å². The largest absolute Gasteiger partial charge is 0.465 e. The lowest BCUT2D eigenvalue weighted by Crippen LogP contribution is -2.07. The van der Waals surface area contributed by atoms with Gasteiger partial charge in [-0.3, -0.25) is 9.59 Å². The minimum atomic E-state index is -0.194. The molecule has 0 N–H and O–H groups in total. The van der Waals surface area contributed by atoms with Gasteiger partial charge in [-0.15, -0.1) is 11.8 Å². The van der Waals surface area contributed by atoms with Gasteiger partial charge in [0, 0.05) is 16.9 Å². The highest BCUT2D eigenvalue weighted by Gasteiger charge is 2.07. The van der Waals surface area contributed by atoms with Crippen molar-refractivity contribution in [3.8, 4) is 0 Å². The van der Waals surface area contributed by atoms with Crippen molar-refractivity contribution in [3.63, 3.8) is 0 Å². The fraction of sp³-hybridized carbons (Fsp3) is 0.500. The second kappa shape index (κ2) is 9.59. The van der Waals surface area contributed by atoms with E-state index in [9.17, 15) is 9.59 Å². The van der Waals surface area contributed by atoms with Crippen LogP contribution in [0.1, 0.15) is 49.9 Å². The molecule has 0 atom stereocenters. The normalized spacial score (nSPS) is 10.3. The molecule has 3 nitrogen and oxygen atoms in total. The molecule has 1 rings (SSSR count). The van der Waals surface area contributed by atoms with Crippen LogP contribution in [-0.4, -0.2) is 24.1 Å². The Morgan fingerprint density at radius 1 is 1.10 bits per heavy atom. The highest BCUT2D eigenvalue weighted by Crippen LogP contribution is 2.19. The number of benzene rings is 1. The molecule has 0 spiro atoms. The molecule has 0 amide bonds. The summed E-state index contributed by atoms with van der Waals surface area (Å²) in [7, 11) is 0. The summed E-state index contributed by atoms with van der Waals surface area (Å²) >= 11 is 1.43. The van der Waals surface area contributed by atoms with Gasteiger partial charge in [-0.05, 0) is 25.0 Å². The molecule has 20 heavy (non-hydrogen) atoms. The van der Waals surface area contributed by atoms with Crippen molar-refractivity contribution in [2.75, 3.05) is 12.4 Å². The van der Waals surface area contributed by atoms with E-state index in [0.717, 1.165) is 29.7 Å². The lowest BCUT2D eigenvalue weighted by atomic mass is 10.1. The van der Waals surface area contributed by atoms with Crippen molar-refractivity contribution < 1.29 is 14.3 Å². The summed E-state index contributed by atoms with van der Waals surface area (Å²) in [6.07, 6.45) is 3.40. The number of esters is 1. The Morgan fingerprint density at radius 3 is 2.40 bits per heavy atom. The monoisotopic (exact) mass is 294 g/mol. The molecule has 0 aliphatic rings. The third-order valence-corrected chi connectivity index (χ3v) is 3.74. The van der Waals surface area contributed by atoms with Crippen LogP contribution in [0.15, 0.2) is 29.2 Å². The SMILES string of the molecule is CCCCC(=O)c1ccc(SCC(=O)OCCC)cc1. The van der Waals surface area contributed by atoms with Crippen LogP contribution in [0.4, 0.5) is 0 Å². The van der Waals surface area contributed by atoms with Gasteiger partial charge in [-0.2, -0.15) is 0 Å². The molecule has 0 aliphatic heterocycles. The highest BCUT2D eigenvalue weighted by atomic mass is 32.2. The molecular weight excluding hydrogens is 272 g/mol. The van der Waals surface area contributed by atoms with Crippen LogP contribution < -0.4 is 0 Å². The van der Waals surface area contributed by atoms with E-state index in [1.54, 1.807) is 0 Å². The lowest BCUT2D eigenvalue weighted by Gasteiger charge is -2.04. The number of Topliss-reactive ketones (excluding diaryl/α,β-unsaturated/α-hetero) is 1. The second-order valence-corrected chi connectivity index (χ2v) is 5.61. The van der Waals surface area contributed by atoms with Crippen molar-refractivity contribution in [2.45, 2.75) is 44.4 Å². The Labute approximate surface area is 125 Å². The van der Waals surface area contributed by atoms with Crippen LogP contribution in [0.2, 0.25) is 0 Å². The van der Waals surface area contributed by atoms with E-state index in [1.807, 2.05) is 31.2 Å². The van der Waals surface area contributed by atoms with E-state index in [1.165, 1.54) is 11.8 Å². The zero-order valence-electron chi connectivity index (χ0n) is 12.2. The number of carbonyl (C=O) groups excluding carboxylic acids is 2. The second-order valence-electron chi connectivity index (χ2n) is 4.56. The van der Waals surface area contributed by atoms with Gasteiger partial charge >= 0.3 is 5.97 Å². The number of hydrogen-bond acceptors (Lipinski definition) is 4. The third kappa shape index (κ3) is 6.24. The van der Waals surface area contributed by atoms with Crippen molar-refractivity contribution in [3.05, 3.63) is 29.8 Å². The molecule has 0 saturated carbocycles. The van der Waals surface area contributed by atoms with Crippen LogP contribution in [0.3, 0.4) is 0 Å². The first-order valence-corrected chi connectivity index (χ1v) is 8.07. The van der Waals surface area contributed by atoms with Crippen LogP contribution in [0.5, 0.6) is 0 Å². The maximum Gasteiger partial charge on any atom is 0.316 e. The molecule has 0 heterocycles. The Balaban J connectivity index is 2.42. The third-order valence-electron chi connectivity index (χ3n) is 2.76. The number of thioether (sulfide) groups is 1. The molecule has 0 saturated heterocycles. The van der Waals surface area contributed by atoms with E-state index >= 15 is 0 Å². The van der Waals surface area contributed by atoms with Gasteiger partial charge in [-0.25, -0.2) is 0 Å². The minimum Gasteiger partial charge on any atom is -0.465 e. The van der Waals surface area contributed by atoms with Crippen LogP contribution >= 0.6 is 11.8 Å². The summed E-state index contributed by atoms with van der Waals surface area (Å²) in [6, 6.07) is 7.43. The Kier molecular flexibility index (Phi) is 8.04. The topological polar surface area (TPSA) is 43.4 Å². The summed E-state index contributed by atoms with van der Waals surface area (Å²) < 4.78 is 5.01. The van der Waals surface area contributed by atoms with E-state index in [-0.39, 0.29) is 11.8 Å². The fourth-order valence-electron chi connectivity index (χ4n) is 1.62. The standard InChI is InChI=1S/C16H22O3S/c1-3-5-6-15(17)13-7-9-14(10-8-13)20-12-16(18)19-11-4-2/h7-10H,3-6,11-12H2,1-2H3. The molecule has 110 valence electrons. The minimum absolute atomic E-state index is 0.186. The predicted molar refractivity (Wildman–Crippen MR) is 82.3 cm³/mol. The van der Waals surface area contributed by atoms with Gasteiger partial charge < -0.3 is 4.74 Å². The van der Waals surface area contributed by atoms with Crippen LogP contribution in [-0.2, 0) is 9.53 Å². The summed E-state index contributed by atoms with van der Waals surface area (Å²) in [5.74, 6) is 0.300. The van der Waals surface area contributed by atoms with Gasteiger partial charge in [0.05, 0.1) is 12.4 Å². The first kappa shape index (κ1) is 16.8. The maximum atomic E-state index is 11.8.